The highest BCUT2D eigenvalue weighted by Crippen LogP contribution is 2.42. The maximum absolute atomic E-state index is 10.7. The minimum Gasteiger partial charge on any atom is -0.505 e. The largest absolute Gasteiger partial charge is 0.505 e. The summed E-state index contributed by atoms with van der Waals surface area (Å²) in [6, 6.07) is 6.96. The van der Waals surface area contributed by atoms with Gasteiger partial charge in [-0.05, 0) is 34.6 Å². The fraction of sp³-hybridized carbons (Fsp3) is 0.400. The number of halogens is 2. The molecule has 3 N–H and O–H groups in total. The maximum atomic E-state index is 10.7. The molecule has 0 aliphatic carbocycles. The number of hydrogen-bond donors (Lipinski definition) is 2. The van der Waals surface area contributed by atoms with Gasteiger partial charge in [0.1, 0.15) is 17.1 Å². The highest BCUT2D eigenvalue weighted by atomic mass is 35.5. The predicted octanol–water partition coefficient (Wildman–Crippen LogP) is 7.29. The molecule has 0 aliphatic heterocycles. The summed E-state index contributed by atoms with van der Waals surface area (Å²) in [5, 5.41) is 19.9. The highest BCUT2D eigenvalue weighted by Gasteiger charge is 2.25. The first-order valence-electron chi connectivity index (χ1n) is 8.35. The molecule has 6 heteroatoms. The standard InChI is InChI=1S/C20H25Cl2N3O/c1-19(2,3)11-7-12(20(4,5)6)18(26)17(8-11)25-24-16-10-14(22)13(21)9-15(16)23/h7-10,26H,23H2,1-6H3. The van der Waals surface area contributed by atoms with Crippen molar-refractivity contribution in [1.29, 1.82) is 0 Å². The number of rotatable bonds is 2. The predicted molar refractivity (Wildman–Crippen MR) is 111 cm³/mol. The number of nitrogens with zero attached hydrogens (tertiary/aromatic N) is 2. The Hall–Kier alpha value is -1.78. The lowest BCUT2D eigenvalue weighted by molar-refractivity contribution is 0.446. The number of anilines is 1. The molecule has 0 radical (unpaired) electrons. The molecule has 0 saturated heterocycles. The van der Waals surface area contributed by atoms with E-state index in [0.717, 1.165) is 11.1 Å². The van der Waals surface area contributed by atoms with E-state index in [4.69, 9.17) is 28.9 Å². The van der Waals surface area contributed by atoms with Crippen LogP contribution in [-0.2, 0) is 10.8 Å². The van der Waals surface area contributed by atoms with Crippen LogP contribution in [0.3, 0.4) is 0 Å². The van der Waals surface area contributed by atoms with E-state index in [1.807, 2.05) is 32.9 Å². The lowest BCUT2D eigenvalue weighted by Crippen LogP contribution is -2.16. The van der Waals surface area contributed by atoms with Gasteiger partial charge in [0.15, 0.2) is 0 Å². The molecule has 4 nitrogen and oxygen atoms in total. The third-order valence-corrected chi connectivity index (χ3v) is 4.82. The number of aromatic hydroxyl groups is 1. The molecule has 2 aromatic carbocycles. The fourth-order valence-corrected chi connectivity index (χ4v) is 2.78. The molecule has 0 unspecified atom stereocenters. The average Bonchev–Trinajstić information content (AvgIpc) is 2.48. The quantitative estimate of drug-likeness (QED) is 0.415. The van der Waals surface area contributed by atoms with Crippen molar-refractivity contribution in [1.82, 2.24) is 0 Å². The zero-order valence-electron chi connectivity index (χ0n) is 16.0. The van der Waals surface area contributed by atoms with Crippen LogP contribution in [0.25, 0.3) is 0 Å². The van der Waals surface area contributed by atoms with Crippen molar-refractivity contribution in [2.75, 3.05) is 5.73 Å². The van der Waals surface area contributed by atoms with Crippen LogP contribution in [0.15, 0.2) is 34.5 Å². The van der Waals surface area contributed by atoms with Gasteiger partial charge in [-0.25, -0.2) is 0 Å². The van der Waals surface area contributed by atoms with Gasteiger partial charge in [-0.3, -0.25) is 0 Å². The van der Waals surface area contributed by atoms with Crippen LogP contribution in [0.2, 0.25) is 10.0 Å². The second kappa shape index (κ2) is 7.09. The Bertz CT molecular complexity index is 863. The van der Waals surface area contributed by atoms with Crippen LogP contribution >= 0.6 is 23.2 Å². The van der Waals surface area contributed by atoms with E-state index < -0.39 is 0 Å². The lowest BCUT2D eigenvalue weighted by Gasteiger charge is -2.26. The molecule has 2 aromatic rings. The van der Waals surface area contributed by atoms with Crippen LogP contribution in [0.1, 0.15) is 52.7 Å². The lowest BCUT2D eigenvalue weighted by atomic mass is 9.80. The number of nitrogen functional groups attached to an aromatic ring is 1. The number of azo groups is 1. The Morgan fingerprint density at radius 1 is 0.808 bits per heavy atom. The number of phenols is 1. The van der Waals surface area contributed by atoms with Gasteiger partial charge in [0.25, 0.3) is 0 Å². The van der Waals surface area contributed by atoms with Gasteiger partial charge < -0.3 is 10.8 Å². The Kier molecular flexibility index (Phi) is 5.60. The van der Waals surface area contributed by atoms with Gasteiger partial charge in [0.2, 0.25) is 0 Å². The third-order valence-electron chi connectivity index (χ3n) is 4.10. The number of nitrogens with two attached hydrogens (primary N) is 1. The van der Waals surface area contributed by atoms with Gasteiger partial charge in [-0.1, -0.05) is 70.8 Å². The molecule has 0 amide bonds. The zero-order chi connectivity index (χ0) is 19.9. The Morgan fingerprint density at radius 2 is 1.35 bits per heavy atom. The smallest absolute Gasteiger partial charge is 0.146 e. The van der Waals surface area contributed by atoms with Crippen molar-refractivity contribution < 1.29 is 5.11 Å². The van der Waals surface area contributed by atoms with Crippen LogP contribution in [0, 0.1) is 0 Å². The van der Waals surface area contributed by atoms with E-state index in [9.17, 15) is 5.11 Å². The molecule has 140 valence electrons. The third kappa shape index (κ3) is 4.49. The summed E-state index contributed by atoms with van der Waals surface area (Å²) in [6.07, 6.45) is 0. The summed E-state index contributed by atoms with van der Waals surface area (Å²) in [4.78, 5) is 0. The number of phenolic OH excluding ortho intramolecular Hbond substituents is 1. The summed E-state index contributed by atoms with van der Waals surface area (Å²) >= 11 is 12.0. The minimum atomic E-state index is -0.238. The summed E-state index contributed by atoms with van der Waals surface area (Å²) < 4.78 is 0. The monoisotopic (exact) mass is 393 g/mol. The second-order valence-electron chi connectivity index (χ2n) is 8.42. The molecule has 0 fully saturated rings. The van der Waals surface area contributed by atoms with Crippen LogP contribution in [0.5, 0.6) is 5.75 Å². The molecular formula is C20H25Cl2N3O. The zero-order valence-corrected chi connectivity index (χ0v) is 17.5. The van der Waals surface area contributed by atoms with Crippen molar-refractivity contribution in [2.45, 2.75) is 52.4 Å². The van der Waals surface area contributed by atoms with Crippen LogP contribution in [-0.4, -0.2) is 5.11 Å². The van der Waals surface area contributed by atoms with E-state index >= 15 is 0 Å². The molecule has 0 aromatic heterocycles. The molecule has 0 aliphatic rings. The normalized spacial score (nSPS) is 12.8. The van der Waals surface area contributed by atoms with Crippen molar-refractivity contribution in [3.8, 4) is 5.75 Å². The Balaban J connectivity index is 2.60. The van der Waals surface area contributed by atoms with E-state index in [1.54, 1.807) is 6.07 Å². The molecule has 26 heavy (non-hydrogen) atoms. The molecule has 0 atom stereocenters. The van der Waals surface area contributed by atoms with Crippen molar-refractivity contribution in [3.05, 3.63) is 45.4 Å². The minimum absolute atomic E-state index is 0.0966. The number of benzene rings is 2. The van der Waals surface area contributed by atoms with Crippen molar-refractivity contribution in [2.24, 2.45) is 10.2 Å². The van der Waals surface area contributed by atoms with Gasteiger partial charge in [-0.2, -0.15) is 0 Å². The summed E-state index contributed by atoms with van der Waals surface area (Å²) in [6.45, 7) is 12.5. The Labute approximate surface area is 165 Å². The summed E-state index contributed by atoms with van der Waals surface area (Å²) in [7, 11) is 0. The SMILES string of the molecule is CC(C)(C)c1cc(N=Nc2cc(Cl)c(Cl)cc2N)c(O)c(C(C)(C)C)c1. The Morgan fingerprint density at radius 3 is 1.88 bits per heavy atom. The van der Waals surface area contributed by atoms with Crippen LogP contribution < -0.4 is 5.73 Å². The van der Waals surface area contributed by atoms with Crippen molar-refractivity contribution in [3.63, 3.8) is 0 Å². The molecular weight excluding hydrogens is 369 g/mol. The van der Waals surface area contributed by atoms with Crippen LogP contribution in [0.4, 0.5) is 17.1 Å². The van der Waals surface area contributed by atoms with Crippen molar-refractivity contribution >= 4 is 40.3 Å². The average molecular weight is 394 g/mol. The van der Waals surface area contributed by atoms with Gasteiger partial charge in [0.05, 0.1) is 15.7 Å². The molecule has 2 rings (SSSR count). The topological polar surface area (TPSA) is 71.0 Å². The first kappa shape index (κ1) is 20.5. The summed E-state index contributed by atoms with van der Waals surface area (Å²) in [5.41, 5.74) is 8.65. The molecule has 0 spiro atoms. The fourth-order valence-electron chi connectivity index (χ4n) is 2.45. The van der Waals surface area contributed by atoms with E-state index in [2.05, 4.69) is 31.0 Å². The van der Waals surface area contributed by atoms with E-state index in [1.165, 1.54) is 6.07 Å². The molecule has 0 bridgehead atoms. The van der Waals surface area contributed by atoms with E-state index in [0.29, 0.717) is 27.1 Å². The maximum Gasteiger partial charge on any atom is 0.146 e. The molecule has 0 heterocycles. The first-order chi connectivity index (χ1) is 11.8. The highest BCUT2D eigenvalue weighted by molar-refractivity contribution is 6.42. The second-order valence-corrected chi connectivity index (χ2v) is 9.23. The first-order valence-corrected chi connectivity index (χ1v) is 9.10. The van der Waals surface area contributed by atoms with Gasteiger partial charge in [0, 0.05) is 5.56 Å². The van der Waals surface area contributed by atoms with Gasteiger partial charge >= 0.3 is 0 Å². The van der Waals surface area contributed by atoms with Gasteiger partial charge in [-0.15, -0.1) is 10.2 Å². The summed E-state index contributed by atoms with van der Waals surface area (Å²) in [5.74, 6) is 0.118. The molecule has 0 saturated carbocycles. The number of hydrogen-bond acceptors (Lipinski definition) is 4. The van der Waals surface area contributed by atoms with E-state index in [-0.39, 0.29) is 16.6 Å².